The highest BCUT2D eigenvalue weighted by Gasteiger charge is 2.08. The lowest BCUT2D eigenvalue weighted by Gasteiger charge is -2.08. The van der Waals surface area contributed by atoms with Crippen LogP contribution in [0.4, 0.5) is 11.6 Å². The number of aryl methyl sites for hydroxylation is 1. The molecule has 0 aliphatic carbocycles. The minimum absolute atomic E-state index is 0.265. The molecule has 0 unspecified atom stereocenters. The average Bonchev–Trinajstić information content (AvgIpc) is 2.68. The molecule has 0 atom stereocenters. The number of aromatic nitrogens is 2. The van der Waals surface area contributed by atoms with E-state index in [1.165, 1.54) is 5.56 Å². The third kappa shape index (κ3) is 4.57. The Hall–Kier alpha value is -3.41. The average molecular weight is 348 g/mol. The molecule has 0 saturated carbocycles. The highest BCUT2D eigenvalue weighted by Crippen LogP contribution is 2.14. The molecule has 0 spiro atoms. The van der Waals surface area contributed by atoms with Gasteiger partial charge in [0, 0.05) is 12.1 Å². The molecule has 6 nitrogen and oxygen atoms in total. The van der Waals surface area contributed by atoms with Crippen molar-refractivity contribution in [1.29, 1.82) is 0 Å². The summed E-state index contributed by atoms with van der Waals surface area (Å²) in [6, 6.07) is 18.7. The number of carbonyl (C=O) groups excluding carboxylic acids is 1. The fourth-order valence-electron chi connectivity index (χ4n) is 2.34. The Bertz CT molecular complexity index is 877. The van der Waals surface area contributed by atoms with Crippen molar-refractivity contribution in [2.75, 3.05) is 17.7 Å². The van der Waals surface area contributed by atoms with Crippen molar-refractivity contribution in [3.05, 3.63) is 77.4 Å². The van der Waals surface area contributed by atoms with E-state index in [1.807, 2.05) is 0 Å². The number of methoxy groups -OCH3 is 1. The quantitative estimate of drug-likeness (QED) is 0.711. The molecular weight excluding hydrogens is 328 g/mol. The van der Waals surface area contributed by atoms with Gasteiger partial charge in [-0.3, -0.25) is 4.79 Å². The number of hydrogen-bond acceptors (Lipinski definition) is 5. The molecule has 1 aromatic heterocycles. The van der Waals surface area contributed by atoms with Gasteiger partial charge in [0.15, 0.2) is 5.82 Å². The Morgan fingerprint density at radius 1 is 1.00 bits per heavy atom. The number of amides is 1. The summed E-state index contributed by atoms with van der Waals surface area (Å²) in [6.45, 7) is 2.71. The van der Waals surface area contributed by atoms with Gasteiger partial charge in [-0.15, -0.1) is 10.2 Å². The summed E-state index contributed by atoms with van der Waals surface area (Å²) < 4.78 is 5.12. The van der Waals surface area contributed by atoms with E-state index >= 15 is 0 Å². The van der Waals surface area contributed by atoms with Gasteiger partial charge >= 0.3 is 0 Å². The van der Waals surface area contributed by atoms with Crippen LogP contribution in [0.5, 0.6) is 5.75 Å². The first kappa shape index (κ1) is 17.4. The lowest BCUT2D eigenvalue weighted by molar-refractivity contribution is 0.102. The monoisotopic (exact) mass is 348 g/mol. The highest BCUT2D eigenvalue weighted by molar-refractivity contribution is 6.03. The second-order valence-corrected chi connectivity index (χ2v) is 5.83. The molecule has 0 fully saturated rings. The highest BCUT2D eigenvalue weighted by atomic mass is 16.5. The fraction of sp³-hybridized carbons (Fsp3) is 0.150. The Kier molecular flexibility index (Phi) is 5.43. The van der Waals surface area contributed by atoms with E-state index in [0.29, 0.717) is 29.5 Å². The number of carbonyl (C=O) groups is 1. The van der Waals surface area contributed by atoms with Crippen molar-refractivity contribution in [1.82, 2.24) is 10.2 Å². The van der Waals surface area contributed by atoms with Crippen molar-refractivity contribution in [3.63, 3.8) is 0 Å². The predicted octanol–water partition coefficient (Wildman–Crippen LogP) is 3.66. The van der Waals surface area contributed by atoms with Crippen LogP contribution >= 0.6 is 0 Å². The summed E-state index contributed by atoms with van der Waals surface area (Å²) in [5.41, 5.74) is 2.88. The molecule has 3 aromatic rings. The second-order valence-electron chi connectivity index (χ2n) is 5.83. The van der Waals surface area contributed by atoms with Crippen LogP contribution in [0.3, 0.4) is 0 Å². The fourth-order valence-corrected chi connectivity index (χ4v) is 2.34. The molecule has 1 heterocycles. The molecule has 2 N–H and O–H groups in total. The van der Waals surface area contributed by atoms with Crippen molar-refractivity contribution in [2.45, 2.75) is 13.5 Å². The van der Waals surface area contributed by atoms with Gasteiger partial charge < -0.3 is 15.4 Å². The van der Waals surface area contributed by atoms with Gasteiger partial charge in [0.2, 0.25) is 0 Å². The third-order valence-corrected chi connectivity index (χ3v) is 3.83. The normalized spacial score (nSPS) is 10.2. The van der Waals surface area contributed by atoms with E-state index < -0.39 is 0 Å². The molecule has 0 aliphatic rings. The zero-order chi connectivity index (χ0) is 18.4. The predicted molar refractivity (Wildman–Crippen MR) is 101 cm³/mol. The maximum absolute atomic E-state index is 12.3. The maximum atomic E-state index is 12.3. The minimum Gasteiger partial charge on any atom is -0.497 e. The molecule has 26 heavy (non-hydrogen) atoms. The summed E-state index contributed by atoms with van der Waals surface area (Å²) in [4.78, 5) is 12.3. The Labute approximate surface area is 152 Å². The Morgan fingerprint density at radius 3 is 2.42 bits per heavy atom. The number of benzene rings is 2. The Balaban J connectivity index is 1.58. The third-order valence-electron chi connectivity index (χ3n) is 3.83. The summed E-state index contributed by atoms with van der Waals surface area (Å²) in [5, 5.41) is 14.1. The molecule has 1 amide bonds. The van der Waals surface area contributed by atoms with Crippen molar-refractivity contribution < 1.29 is 9.53 Å². The first-order valence-electron chi connectivity index (χ1n) is 8.22. The number of ether oxygens (including phenoxy) is 1. The summed E-state index contributed by atoms with van der Waals surface area (Å²) in [5.74, 6) is 1.39. The molecule has 0 bridgehead atoms. The maximum Gasteiger partial charge on any atom is 0.256 e. The van der Waals surface area contributed by atoms with Crippen LogP contribution in [-0.4, -0.2) is 23.2 Å². The number of hydrogen-bond donors (Lipinski definition) is 2. The summed E-state index contributed by atoms with van der Waals surface area (Å²) >= 11 is 0. The van der Waals surface area contributed by atoms with Crippen LogP contribution < -0.4 is 15.4 Å². The molecule has 2 aromatic carbocycles. The SMILES string of the molecule is COc1cccc(C(=O)Nc2ccc(NCc3ccc(C)cc3)nn2)c1. The number of nitrogens with one attached hydrogen (secondary N) is 2. The van der Waals surface area contributed by atoms with Crippen molar-refractivity contribution >= 4 is 17.5 Å². The van der Waals surface area contributed by atoms with Gasteiger partial charge in [0.1, 0.15) is 11.6 Å². The van der Waals surface area contributed by atoms with Crippen molar-refractivity contribution in [2.24, 2.45) is 0 Å². The van der Waals surface area contributed by atoms with Gasteiger partial charge in [-0.25, -0.2) is 0 Å². The second kappa shape index (κ2) is 8.11. The zero-order valence-corrected chi connectivity index (χ0v) is 14.7. The van der Waals surface area contributed by atoms with Crippen LogP contribution in [0.25, 0.3) is 0 Å². The van der Waals surface area contributed by atoms with Crippen LogP contribution in [0.15, 0.2) is 60.7 Å². The minimum atomic E-state index is -0.265. The topological polar surface area (TPSA) is 76.1 Å². The first-order chi connectivity index (χ1) is 12.6. The van der Waals surface area contributed by atoms with Gasteiger partial charge in [-0.05, 0) is 42.8 Å². The Morgan fingerprint density at radius 2 is 1.73 bits per heavy atom. The van der Waals surface area contributed by atoms with E-state index in [1.54, 1.807) is 43.5 Å². The molecule has 6 heteroatoms. The molecule has 132 valence electrons. The van der Waals surface area contributed by atoms with Crippen LogP contribution in [-0.2, 0) is 6.54 Å². The van der Waals surface area contributed by atoms with E-state index in [4.69, 9.17) is 4.74 Å². The smallest absolute Gasteiger partial charge is 0.256 e. The largest absolute Gasteiger partial charge is 0.497 e. The van der Waals surface area contributed by atoms with Crippen LogP contribution in [0, 0.1) is 6.92 Å². The lowest BCUT2D eigenvalue weighted by atomic mass is 10.1. The van der Waals surface area contributed by atoms with Gasteiger partial charge in [-0.1, -0.05) is 35.9 Å². The number of anilines is 2. The molecule has 0 radical (unpaired) electrons. The van der Waals surface area contributed by atoms with E-state index in [9.17, 15) is 4.79 Å². The molecule has 0 saturated heterocycles. The van der Waals surface area contributed by atoms with Crippen LogP contribution in [0.2, 0.25) is 0 Å². The summed E-state index contributed by atoms with van der Waals surface area (Å²) in [7, 11) is 1.56. The molecule has 0 aliphatic heterocycles. The first-order valence-corrected chi connectivity index (χ1v) is 8.22. The van der Waals surface area contributed by atoms with Crippen LogP contribution in [0.1, 0.15) is 21.5 Å². The molecule has 3 rings (SSSR count). The van der Waals surface area contributed by atoms with E-state index in [-0.39, 0.29) is 5.91 Å². The lowest BCUT2D eigenvalue weighted by Crippen LogP contribution is -2.13. The standard InChI is InChI=1S/C20H20N4O2/c1-14-6-8-15(9-7-14)13-21-18-10-11-19(24-23-18)22-20(25)16-4-3-5-17(12-16)26-2/h3-12H,13H2,1-2H3,(H,21,23)(H,22,24,25). The van der Waals surface area contributed by atoms with Gasteiger partial charge in [0.05, 0.1) is 7.11 Å². The van der Waals surface area contributed by atoms with E-state index in [0.717, 1.165) is 5.56 Å². The van der Waals surface area contributed by atoms with Crippen molar-refractivity contribution in [3.8, 4) is 5.75 Å². The zero-order valence-electron chi connectivity index (χ0n) is 14.7. The molecular formula is C20H20N4O2. The number of rotatable bonds is 6. The van der Waals surface area contributed by atoms with Gasteiger partial charge in [0.25, 0.3) is 5.91 Å². The summed E-state index contributed by atoms with van der Waals surface area (Å²) in [6.07, 6.45) is 0. The van der Waals surface area contributed by atoms with E-state index in [2.05, 4.69) is 52.0 Å². The van der Waals surface area contributed by atoms with Gasteiger partial charge in [-0.2, -0.15) is 0 Å². The number of nitrogens with zero attached hydrogens (tertiary/aromatic N) is 2.